The predicted molar refractivity (Wildman–Crippen MR) is 85.1 cm³/mol. The molecular weight excluding hydrogens is 270 g/mol. The summed E-state index contributed by atoms with van der Waals surface area (Å²) in [7, 11) is -3.24. The number of carbonyl (C=O) groups excluding carboxylic acids is 1. The van der Waals surface area contributed by atoms with Gasteiger partial charge in [0.1, 0.15) is 14.1 Å². The quantitative estimate of drug-likeness (QED) is 0.494. The number of β-lactam (4-membered cyclic amide) rings is 1. The van der Waals surface area contributed by atoms with Crippen LogP contribution in [0.1, 0.15) is 13.8 Å². The van der Waals surface area contributed by atoms with Gasteiger partial charge in [0.15, 0.2) is 13.9 Å². The van der Waals surface area contributed by atoms with Gasteiger partial charge in [0.05, 0.1) is 0 Å². The van der Waals surface area contributed by atoms with E-state index in [9.17, 15) is 4.79 Å². The Morgan fingerprint density at radius 2 is 1.74 bits per heavy atom. The van der Waals surface area contributed by atoms with Crippen molar-refractivity contribution in [3.05, 3.63) is 0 Å². The lowest BCUT2D eigenvalue weighted by molar-refractivity contribution is -0.160. The normalized spacial score (nSPS) is 27.4. The van der Waals surface area contributed by atoms with E-state index < -0.39 is 22.0 Å². The highest BCUT2D eigenvalue weighted by molar-refractivity contribution is 6.83. The van der Waals surface area contributed by atoms with Crippen molar-refractivity contribution in [2.45, 2.75) is 64.8 Å². The first-order valence-electron chi connectivity index (χ1n) is 6.92. The van der Waals surface area contributed by atoms with E-state index >= 15 is 0 Å². The molecule has 3 nitrogen and oxygen atoms in total. The maximum atomic E-state index is 12.1. The van der Waals surface area contributed by atoms with E-state index in [4.69, 9.17) is 4.43 Å². The van der Waals surface area contributed by atoms with Gasteiger partial charge in [-0.15, -0.1) is 5.54 Å². The zero-order chi connectivity index (χ0) is 15.1. The van der Waals surface area contributed by atoms with E-state index in [0.29, 0.717) is 0 Å². The van der Waals surface area contributed by atoms with Crippen molar-refractivity contribution in [1.82, 2.24) is 5.32 Å². The average molecular weight is 298 g/mol. The molecule has 1 saturated heterocycles. The van der Waals surface area contributed by atoms with E-state index in [0.717, 1.165) is 0 Å². The minimum atomic E-state index is -1.80. The Balaban J connectivity index is 3.06. The van der Waals surface area contributed by atoms with Crippen molar-refractivity contribution in [2.24, 2.45) is 5.92 Å². The Kier molecular flexibility index (Phi) is 4.40. The van der Waals surface area contributed by atoms with Gasteiger partial charge in [-0.3, -0.25) is 4.79 Å². The molecule has 0 bridgehead atoms. The first-order valence-corrected chi connectivity index (χ1v) is 13.8. The first-order chi connectivity index (χ1) is 8.38. The minimum Gasteiger partial charge on any atom is -0.401 e. The highest BCUT2D eigenvalue weighted by atomic mass is 28.4. The van der Waals surface area contributed by atoms with Crippen LogP contribution in [-0.2, 0) is 9.22 Å². The summed E-state index contributed by atoms with van der Waals surface area (Å²) in [6.45, 7) is 17.1. The van der Waals surface area contributed by atoms with Crippen LogP contribution in [0, 0.1) is 17.4 Å². The molecule has 0 radical (unpaired) electrons. The van der Waals surface area contributed by atoms with Crippen LogP contribution in [-0.4, -0.2) is 33.9 Å². The highest BCUT2D eigenvalue weighted by Gasteiger charge is 2.59. The fraction of sp³-hybridized carbons (Fsp3) is 0.786. The van der Waals surface area contributed by atoms with Crippen LogP contribution in [0.2, 0.25) is 39.3 Å². The summed E-state index contributed by atoms with van der Waals surface area (Å²) in [5, 5.41) is 2.92. The molecule has 1 aliphatic heterocycles. The van der Waals surface area contributed by atoms with Crippen molar-refractivity contribution in [3.63, 3.8) is 0 Å². The van der Waals surface area contributed by atoms with E-state index in [1.807, 2.05) is 13.8 Å². The summed E-state index contributed by atoms with van der Waals surface area (Å²) >= 11 is 0. The lowest BCUT2D eigenvalue weighted by Crippen LogP contribution is -2.77. The molecule has 5 heteroatoms. The molecular formula is C14H27NO2Si2. The molecule has 1 fully saturated rings. The largest absolute Gasteiger partial charge is 0.401 e. The SMILES string of the molecule is CC(C)[C@]1(O[Si](C)(C)C)C(=O)NC1C#C[Si](C)(C)C. The molecule has 0 saturated carbocycles. The molecule has 19 heavy (non-hydrogen) atoms. The highest BCUT2D eigenvalue weighted by Crippen LogP contribution is 2.36. The lowest BCUT2D eigenvalue weighted by Gasteiger charge is -2.51. The molecule has 1 N–H and O–H groups in total. The zero-order valence-corrected chi connectivity index (χ0v) is 15.5. The van der Waals surface area contributed by atoms with Crippen LogP contribution < -0.4 is 5.32 Å². The molecule has 0 aromatic carbocycles. The molecule has 1 rings (SSSR count). The van der Waals surface area contributed by atoms with Crippen LogP contribution in [0.25, 0.3) is 0 Å². The minimum absolute atomic E-state index is 0.000184. The monoisotopic (exact) mass is 297 g/mol. The summed E-state index contributed by atoms with van der Waals surface area (Å²) < 4.78 is 6.25. The molecule has 1 unspecified atom stereocenters. The van der Waals surface area contributed by atoms with Gasteiger partial charge < -0.3 is 9.74 Å². The van der Waals surface area contributed by atoms with Crippen LogP contribution in [0.15, 0.2) is 0 Å². The second-order valence-corrected chi connectivity index (χ2v) is 16.8. The molecule has 1 amide bonds. The number of hydrogen-bond acceptors (Lipinski definition) is 2. The van der Waals surface area contributed by atoms with Crippen LogP contribution in [0.5, 0.6) is 0 Å². The fourth-order valence-electron chi connectivity index (χ4n) is 2.16. The van der Waals surface area contributed by atoms with Crippen LogP contribution in [0.3, 0.4) is 0 Å². The fourth-order valence-corrected chi connectivity index (χ4v) is 4.20. The molecule has 0 aromatic rings. The van der Waals surface area contributed by atoms with Crippen LogP contribution in [0.4, 0.5) is 0 Å². The molecule has 0 aromatic heterocycles. The summed E-state index contributed by atoms with van der Waals surface area (Å²) in [5.41, 5.74) is 2.61. The molecule has 1 aliphatic rings. The third kappa shape index (κ3) is 3.71. The number of nitrogens with one attached hydrogen (secondary N) is 1. The molecule has 108 valence electrons. The maximum absolute atomic E-state index is 12.1. The van der Waals surface area contributed by atoms with Gasteiger partial charge >= 0.3 is 0 Å². The third-order valence-electron chi connectivity index (χ3n) is 2.98. The van der Waals surface area contributed by atoms with E-state index in [-0.39, 0.29) is 17.9 Å². The molecule has 0 aliphatic carbocycles. The Hall–Kier alpha value is -0.576. The number of hydrogen-bond donors (Lipinski definition) is 1. The van der Waals surface area contributed by atoms with Gasteiger partial charge in [0.25, 0.3) is 5.91 Å². The van der Waals surface area contributed by atoms with Crippen molar-refractivity contribution in [2.75, 3.05) is 0 Å². The lowest BCUT2D eigenvalue weighted by atomic mass is 9.76. The first kappa shape index (κ1) is 16.5. The second kappa shape index (κ2) is 5.08. The van der Waals surface area contributed by atoms with Crippen molar-refractivity contribution in [3.8, 4) is 11.5 Å². The van der Waals surface area contributed by atoms with E-state index in [1.165, 1.54) is 0 Å². The van der Waals surface area contributed by atoms with Crippen molar-refractivity contribution < 1.29 is 9.22 Å². The number of amides is 1. The second-order valence-electron chi connectivity index (χ2n) is 7.59. The summed E-state index contributed by atoms with van der Waals surface area (Å²) in [6, 6.07) is -0.154. The van der Waals surface area contributed by atoms with Crippen LogP contribution >= 0.6 is 0 Å². The van der Waals surface area contributed by atoms with Gasteiger partial charge in [0.2, 0.25) is 0 Å². The van der Waals surface area contributed by atoms with Crippen molar-refractivity contribution >= 4 is 22.3 Å². The Labute approximate surface area is 119 Å². The number of carbonyl (C=O) groups is 1. The topological polar surface area (TPSA) is 38.3 Å². The third-order valence-corrected chi connectivity index (χ3v) is 4.83. The van der Waals surface area contributed by atoms with E-state index in [2.05, 4.69) is 56.1 Å². The maximum Gasteiger partial charge on any atom is 0.255 e. The molecule has 0 spiro atoms. The number of rotatable bonds is 3. The van der Waals surface area contributed by atoms with Gasteiger partial charge in [-0.25, -0.2) is 0 Å². The standard InChI is InChI=1S/C14H27NO2Si2/c1-11(2)14(17-19(6,7)8)12(15-13(14)16)9-10-18(3,4)5/h11-12H,1-8H3,(H,15,16)/t12?,14-/m1/s1. The summed E-state index contributed by atoms with van der Waals surface area (Å²) in [6.07, 6.45) is 0. The zero-order valence-electron chi connectivity index (χ0n) is 13.5. The van der Waals surface area contributed by atoms with Gasteiger partial charge in [-0.05, 0) is 25.6 Å². The van der Waals surface area contributed by atoms with Gasteiger partial charge in [0, 0.05) is 0 Å². The van der Waals surface area contributed by atoms with Gasteiger partial charge in [-0.1, -0.05) is 39.4 Å². The Morgan fingerprint density at radius 3 is 2.05 bits per heavy atom. The smallest absolute Gasteiger partial charge is 0.255 e. The van der Waals surface area contributed by atoms with Crippen molar-refractivity contribution in [1.29, 1.82) is 0 Å². The molecule has 2 atom stereocenters. The Morgan fingerprint density at radius 1 is 1.21 bits per heavy atom. The Bertz CT molecular complexity index is 423. The van der Waals surface area contributed by atoms with E-state index in [1.54, 1.807) is 0 Å². The predicted octanol–water partition coefficient (Wildman–Crippen LogP) is 2.61. The summed E-state index contributed by atoms with van der Waals surface area (Å²) in [4.78, 5) is 12.1. The van der Waals surface area contributed by atoms with Gasteiger partial charge in [-0.2, -0.15) is 0 Å². The summed E-state index contributed by atoms with van der Waals surface area (Å²) in [5.74, 6) is 3.39. The average Bonchev–Trinajstić information content (AvgIpc) is 2.17. The molecule has 1 heterocycles.